The number of allylic oxidation sites excluding steroid dienone is 2. The molecule has 5 aromatic rings. The van der Waals surface area contributed by atoms with Gasteiger partial charge in [-0.2, -0.15) is 0 Å². The molecule has 0 saturated heterocycles. The second kappa shape index (κ2) is 12.8. The van der Waals surface area contributed by atoms with Gasteiger partial charge < -0.3 is 23.4 Å². The Bertz CT molecular complexity index is 1730. The number of aromatic nitrogens is 4. The highest BCUT2D eigenvalue weighted by Gasteiger charge is 2.27. The number of hydrogen-bond acceptors (Lipinski definition) is 11. The number of rotatable bonds is 8. The number of carbonyl (C=O) groups excluding carboxylic acids is 1. The van der Waals surface area contributed by atoms with Crippen molar-refractivity contribution in [2.45, 2.75) is 66.1 Å². The van der Waals surface area contributed by atoms with Crippen molar-refractivity contribution in [1.82, 2.24) is 19.6 Å². The number of furan rings is 1. The fourth-order valence-corrected chi connectivity index (χ4v) is 6.20. The third-order valence-electron chi connectivity index (χ3n) is 6.61. The molecule has 1 aromatic carbocycles. The van der Waals surface area contributed by atoms with Gasteiger partial charge in [-0.25, -0.2) is 14.5 Å². The van der Waals surface area contributed by atoms with Gasteiger partial charge in [-0.3, -0.25) is 4.79 Å². The van der Waals surface area contributed by atoms with E-state index in [0.29, 0.717) is 45.1 Å². The average Bonchev–Trinajstić information content (AvgIpc) is 3.78. The number of fused-ring (bicyclic) bond motifs is 2. The first kappa shape index (κ1) is 30.6. The Balaban J connectivity index is 0.00000180. The molecular weight excluding hydrogens is 588 g/mol. The van der Waals surface area contributed by atoms with Gasteiger partial charge in [-0.05, 0) is 63.0 Å². The zero-order chi connectivity index (χ0) is 30.7. The standard InChI is InChI=1S/C29H30N4O6S2.C2H6/c1-29(2,3)39-26(34)17-8-6-16(7-9-17)25-30-18(15-40-25)14-37-22-10-19(35-4)11-23-20(22)12-24(38-23)21-13-33-27(31-21)41-28(32-33)36-5;1-2/h6,10-13,15,17H,7-9,14H2,1-5H3;1-2H3. The number of benzene rings is 1. The summed E-state index contributed by atoms with van der Waals surface area (Å²) in [6.07, 6.45) is 6.13. The molecule has 0 radical (unpaired) electrons. The summed E-state index contributed by atoms with van der Waals surface area (Å²) in [5.41, 5.74) is 2.80. The van der Waals surface area contributed by atoms with E-state index >= 15 is 0 Å². The summed E-state index contributed by atoms with van der Waals surface area (Å²) in [4.78, 5) is 22.6. The van der Waals surface area contributed by atoms with E-state index in [-0.39, 0.29) is 18.5 Å². The van der Waals surface area contributed by atoms with Crippen molar-refractivity contribution in [3.05, 3.63) is 46.6 Å². The topological polar surface area (TPSA) is 110 Å². The van der Waals surface area contributed by atoms with Crippen LogP contribution in [-0.2, 0) is 16.1 Å². The summed E-state index contributed by atoms with van der Waals surface area (Å²) < 4.78 is 30.3. The number of thiazole rings is 1. The number of methoxy groups -OCH3 is 2. The third-order valence-corrected chi connectivity index (χ3v) is 8.46. The monoisotopic (exact) mass is 624 g/mol. The molecule has 43 heavy (non-hydrogen) atoms. The molecule has 10 nitrogen and oxygen atoms in total. The largest absolute Gasteiger partial charge is 0.496 e. The van der Waals surface area contributed by atoms with Crippen LogP contribution < -0.4 is 14.2 Å². The number of ether oxygens (including phenoxy) is 4. The highest BCUT2D eigenvalue weighted by molar-refractivity contribution is 7.18. The molecule has 228 valence electrons. The number of hydrogen-bond donors (Lipinski definition) is 0. The summed E-state index contributed by atoms with van der Waals surface area (Å²) in [7, 11) is 3.19. The molecule has 0 saturated carbocycles. The van der Waals surface area contributed by atoms with Crippen LogP contribution in [0.4, 0.5) is 0 Å². The van der Waals surface area contributed by atoms with Gasteiger partial charge in [0.2, 0.25) is 4.96 Å². The highest BCUT2D eigenvalue weighted by atomic mass is 32.1. The van der Waals surface area contributed by atoms with Crippen LogP contribution in [0.2, 0.25) is 0 Å². The van der Waals surface area contributed by atoms with Crippen LogP contribution in [0, 0.1) is 5.92 Å². The Morgan fingerprint density at radius 1 is 1.14 bits per heavy atom. The van der Waals surface area contributed by atoms with Gasteiger partial charge in [0.05, 0.1) is 37.4 Å². The fourth-order valence-electron chi connectivity index (χ4n) is 4.63. The molecule has 0 spiro atoms. The predicted octanol–water partition coefficient (Wildman–Crippen LogP) is 7.81. The van der Waals surface area contributed by atoms with E-state index in [9.17, 15) is 4.79 Å². The van der Waals surface area contributed by atoms with E-state index in [1.165, 1.54) is 11.3 Å². The highest BCUT2D eigenvalue weighted by Crippen LogP contribution is 2.38. The molecule has 1 atom stereocenters. The van der Waals surface area contributed by atoms with Crippen molar-refractivity contribution in [3.63, 3.8) is 0 Å². The lowest BCUT2D eigenvalue weighted by Crippen LogP contribution is -2.29. The number of carbonyl (C=O) groups is 1. The normalized spacial score (nSPS) is 15.1. The van der Waals surface area contributed by atoms with E-state index in [1.807, 2.05) is 58.2 Å². The minimum atomic E-state index is -0.472. The van der Waals surface area contributed by atoms with Crippen molar-refractivity contribution in [1.29, 1.82) is 0 Å². The summed E-state index contributed by atoms with van der Waals surface area (Å²) in [5, 5.41) is 8.64. The molecule has 4 aromatic heterocycles. The van der Waals surface area contributed by atoms with Crippen molar-refractivity contribution in [2.24, 2.45) is 5.92 Å². The Hall–Kier alpha value is -3.90. The molecule has 0 fully saturated rings. The minimum absolute atomic E-state index is 0.103. The first-order valence-corrected chi connectivity index (χ1v) is 15.9. The zero-order valence-corrected chi connectivity index (χ0v) is 27.1. The number of esters is 1. The second-order valence-corrected chi connectivity index (χ2v) is 12.5. The maximum Gasteiger partial charge on any atom is 0.309 e. The van der Waals surface area contributed by atoms with Crippen molar-refractivity contribution in [2.75, 3.05) is 14.2 Å². The summed E-state index contributed by atoms with van der Waals surface area (Å²) in [5.74, 6) is 1.61. The van der Waals surface area contributed by atoms with Gasteiger partial charge in [0.25, 0.3) is 5.19 Å². The number of nitrogens with zero attached hydrogens (tertiary/aromatic N) is 4. The third kappa shape index (κ3) is 6.86. The van der Waals surface area contributed by atoms with Crippen LogP contribution in [0.5, 0.6) is 16.7 Å². The summed E-state index contributed by atoms with van der Waals surface area (Å²) in [6.45, 7) is 9.98. The molecule has 1 aliphatic rings. The molecule has 1 unspecified atom stereocenters. The maximum atomic E-state index is 12.4. The van der Waals surface area contributed by atoms with Crippen LogP contribution in [0.15, 0.2) is 40.3 Å². The van der Waals surface area contributed by atoms with Crippen LogP contribution in [0.1, 0.15) is 64.6 Å². The Labute approximate surface area is 258 Å². The van der Waals surface area contributed by atoms with E-state index in [0.717, 1.165) is 34.5 Å². The smallest absolute Gasteiger partial charge is 0.309 e. The molecule has 0 N–H and O–H groups in total. The van der Waals surface area contributed by atoms with Gasteiger partial charge >= 0.3 is 5.97 Å². The van der Waals surface area contributed by atoms with Gasteiger partial charge in [0.15, 0.2) is 5.76 Å². The van der Waals surface area contributed by atoms with Gasteiger partial charge in [-0.1, -0.05) is 19.9 Å². The minimum Gasteiger partial charge on any atom is -0.496 e. The second-order valence-electron chi connectivity index (χ2n) is 10.7. The van der Waals surface area contributed by atoms with Crippen molar-refractivity contribution < 1.29 is 28.2 Å². The molecule has 0 amide bonds. The Kier molecular flexibility index (Phi) is 9.07. The fraction of sp³-hybridized carbons (Fsp3) is 0.419. The lowest BCUT2D eigenvalue weighted by molar-refractivity contribution is -0.160. The van der Waals surface area contributed by atoms with E-state index < -0.39 is 5.60 Å². The first-order chi connectivity index (χ1) is 20.7. The molecule has 0 aliphatic heterocycles. The molecular formula is C31H36N4O6S2. The van der Waals surface area contributed by atoms with Crippen LogP contribution in [0.25, 0.3) is 33.0 Å². The zero-order valence-electron chi connectivity index (χ0n) is 25.4. The first-order valence-electron chi connectivity index (χ1n) is 14.2. The predicted molar refractivity (Wildman–Crippen MR) is 168 cm³/mol. The lowest BCUT2D eigenvalue weighted by Gasteiger charge is -2.25. The molecule has 6 rings (SSSR count). The van der Waals surface area contributed by atoms with Crippen LogP contribution in [0.3, 0.4) is 0 Å². The van der Waals surface area contributed by atoms with Gasteiger partial charge in [0, 0.05) is 17.5 Å². The number of imidazole rings is 1. The quantitative estimate of drug-likeness (QED) is 0.160. The lowest BCUT2D eigenvalue weighted by atomic mass is 9.89. The van der Waals surface area contributed by atoms with E-state index in [1.54, 1.807) is 36.3 Å². The summed E-state index contributed by atoms with van der Waals surface area (Å²) in [6, 6.07) is 5.58. The Morgan fingerprint density at radius 2 is 1.95 bits per heavy atom. The average molecular weight is 625 g/mol. The Morgan fingerprint density at radius 3 is 2.63 bits per heavy atom. The van der Waals surface area contributed by atoms with Gasteiger partial charge in [0.1, 0.15) is 40.0 Å². The van der Waals surface area contributed by atoms with Crippen molar-refractivity contribution in [3.8, 4) is 28.1 Å². The van der Waals surface area contributed by atoms with E-state index in [4.69, 9.17) is 28.3 Å². The molecule has 4 heterocycles. The summed E-state index contributed by atoms with van der Waals surface area (Å²) >= 11 is 2.94. The van der Waals surface area contributed by atoms with Crippen LogP contribution >= 0.6 is 22.7 Å². The van der Waals surface area contributed by atoms with Crippen molar-refractivity contribution >= 4 is 50.1 Å². The molecule has 12 heteroatoms. The van der Waals surface area contributed by atoms with E-state index in [2.05, 4.69) is 16.2 Å². The van der Waals surface area contributed by atoms with Gasteiger partial charge in [-0.15, -0.1) is 16.4 Å². The maximum absolute atomic E-state index is 12.4. The van der Waals surface area contributed by atoms with Crippen LogP contribution in [-0.4, -0.2) is 45.4 Å². The SMILES string of the molecule is CC.COc1cc(OCc2csc(C3=CCC(C(=O)OC(C)(C)C)CC3)n2)c2cc(-c3cn4nc(OC)sc4n3)oc2c1. The molecule has 1 aliphatic carbocycles. The molecule has 0 bridgehead atoms.